The van der Waals surface area contributed by atoms with Crippen molar-refractivity contribution in [1.29, 1.82) is 0 Å². The maximum absolute atomic E-state index is 5.39. The highest BCUT2D eigenvalue weighted by Gasteiger charge is 2.38. The molecule has 2 N–H and O–H groups in total. The topological polar surface area (TPSA) is 64.9 Å². The summed E-state index contributed by atoms with van der Waals surface area (Å²) in [6.45, 7) is 2.49. The van der Waals surface area contributed by atoms with Crippen molar-refractivity contribution in [2.75, 3.05) is 0 Å². The summed E-state index contributed by atoms with van der Waals surface area (Å²) >= 11 is 0. The van der Waals surface area contributed by atoms with Crippen molar-refractivity contribution in [2.45, 2.75) is 38.1 Å². The Kier molecular flexibility index (Phi) is 1.65. The molecule has 1 aromatic heterocycles. The van der Waals surface area contributed by atoms with E-state index in [0.717, 1.165) is 18.7 Å². The Balaban J connectivity index is 2.22. The number of rotatable bonds is 2. The van der Waals surface area contributed by atoms with E-state index in [4.69, 9.17) is 10.2 Å². The maximum atomic E-state index is 5.39. The zero-order valence-electron chi connectivity index (χ0n) is 7.21. The molecule has 1 aliphatic rings. The van der Waals surface area contributed by atoms with Crippen LogP contribution in [0.4, 0.5) is 0 Å². The first kappa shape index (κ1) is 7.73. The molecule has 66 valence electrons. The lowest BCUT2D eigenvalue weighted by Crippen LogP contribution is -2.30. The molecule has 0 amide bonds. The van der Waals surface area contributed by atoms with Gasteiger partial charge in [0.05, 0.1) is 6.54 Å². The Labute approximate surface area is 71.2 Å². The molecule has 4 nitrogen and oxygen atoms in total. The van der Waals surface area contributed by atoms with Gasteiger partial charge in [0.25, 0.3) is 0 Å². The molecular formula is C8H13N3O. The molecule has 1 saturated carbocycles. The summed E-state index contributed by atoms with van der Waals surface area (Å²) in [5.74, 6) is 1.30. The van der Waals surface area contributed by atoms with Crippen LogP contribution >= 0.6 is 0 Å². The SMILES string of the molecule is CC1(c2nnc(CN)o2)CCC1. The van der Waals surface area contributed by atoms with Gasteiger partial charge in [0.2, 0.25) is 11.8 Å². The van der Waals surface area contributed by atoms with Crippen molar-refractivity contribution in [1.82, 2.24) is 10.2 Å². The molecule has 0 radical (unpaired) electrons. The van der Waals surface area contributed by atoms with Crippen molar-refractivity contribution < 1.29 is 4.42 Å². The Morgan fingerprint density at radius 3 is 2.67 bits per heavy atom. The van der Waals surface area contributed by atoms with Gasteiger partial charge in [-0.1, -0.05) is 13.3 Å². The zero-order valence-corrected chi connectivity index (χ0v) is 7.21. The molecule has 2 rings (SSSR count). The van der Waals surface area contributed by atoms with Crippen molar-refractivity contribution in [3.8, 4) is 0 Å². The Hall–Kier alpha value is -0.900. The van der Waals surface area contributed by atoms with Crippen LogP contribution in [0.25, 0.3) is 0 Å². The standard InChI is InChI=1S/C8H13N3O/c1-8(3-2-4-8)7-11-10-6(5-9)12-7/h2-5,9H2,1H3. The first-order valence-corrected chi connectivity index (χ1v) is 4.27. The minimum atomic E-state index is 0.139. The lowest BCUT2D eigenvalue weighted by Gasteiger charge is -2.34. The fourth-order valence-corrected chi connectivity index (χ4v) is 1.50. The van der Waals surface area contributed by atoms with Crippen LogP contribution in [0.2, 0.25) is 0 Å². The third-order valence-electron chi connectivity index (χ3n) is 2.61. The molecule has 1 aliphatic carbocycles. The number of aromatic nitrogens is 2. The van der Waals surface area contributed by atoms with E-state index in [1.54, 1.807) is 0 Å². The van der Waals surface area contributed by atoms with Gasteiger partial charge >= 0.3 is 0 Å². The van der Waals surface area contributed by atoms with E-state index in [0.29, 0.717) is 12.4 Å². The minimum absolute atomic E-state index is 0.139. The van der Waals surface area contributed by atoms with Crippen LogP contribution in [0.3, 0.4) is 0 Å². The molecule has 0 spiro atoms. The van der Waals surface area contributed by atoms with Crippen molar-refractivity contribution in [3.63, 3.8) is 0 Å². The fraction of sp³-hybridized carbons (Fsp3) is 0.750. The monoisotopic (exact) mass is 167 g/mol. The molecule has 0 aromatic carbocycles. The molecule has 1 heterocycles. The molecule has 0 atom stereocenters. The summed E-state index contributed by atoms with van der Waals surface area (Å²) in [5, 5.41) is 7.83. The Morgan fingerprint density at radius 2 is 2.25 bits per heavy atom. The predicted octanol–water partition coefficient (Wildman–Crippen LogP) is 0.970. The van der Waals surface area contributed by atoms with Gasteiger partial charge < -0.3 is 10.2 Å². The summed E-state index contributed by atoms with van der Waals surface area (Å²) in [6.07, 6.45) is 3.56. The van der Waals surface area contributed by atoms with E-state index in [-0.39, 0.29) is 5.41 Å². The summed E-state index contributed by atoms with van der Waals surface area (Å²) < 4.78 is 5.39. The van der Waals surface area contributed by atoms with E-state index in [9.17, 15) is 0 Å². The molecule has 12 heavy (non-hydrogen) atoms. The maximum Gasteiger partial charge on any atom is 0.230 e. The second kappa shape index (κ2) is 2.55. The molecular weight excluding hydrogens is 154 g/mol. The van der Waals surface area contributed by atoms with E-state index < -0.39 is 0 Å². The van der Waals surface area contributed by atoms with Crippen LogP contribution < -0.4 is 5.73 Å². The van der Waals surface area contributed by atoms with Crippen LogP contribution in [0.15, 0.2) is 4.42 Å². The molecule has 0 unspecified atom stereocenters. The largest absolute Gasteiger partial charge is 0.423 e. The predicted molar refractivity (Wildman–Crippen MR) is 43.4 cm³/mol. The number of nitrogens with two attached hydrogens (primary N) is 1. The Bertz CT molecular complexity index is 278. The second-order valence-corrected chi connectivity index (χ2v) is 3.62. The normalized spacial score (nSPS) is 20.5. The molecule has 1 aromatic rings. The van der Waals surface area contributed by atoms with Crippen LogP contribution in [-0.4, -0.2) is 10.2 Å². The quantitative estimate of drug-likeness (QED) is 0.712. The smallest absolute Gasteiger partial charge is 0.230 e. The summed E-state index contributed by atoms with van der Waals surface area (Å²) in [5.41, 5.74) is 5.51. The molecule has 0 aliphatic heterocycles. The Morgan fingerprint density at radius 1 is 1.50 bits per heavy atom. The molecule has 4 heteroatoms. The molecule has 1 fully saturated rings. The third kappa shape index (κ3) is 1.03. The summed E-state index contributed by atoms with van der Waals surface area (Å²) in [7, 11) is 0. The van der Waals surface area contributed by atoms with E-state index >= 15 is 0 Å². The number of hydrogen-bond donors (Lipinski definition) is 1. The first-order chi connectivity index (χ1) is 5.74. The van der Waals surface area contributed by atoms with Gasteiger partial charge in [-0.25, -0.2) is 0 Å². The second-order valence-electron chi connectivity index (χ2n) is 3.62. The highest BCUT2D eigenvalue weighted by Crippen LogP contribution is 2.42. The van der Waals surface area contributed by atoms with E-state index in [1.807, 2.05) is 0 Å². The van der Waals surface area contributed by atoms with E-state index in [1.165, 1.54) is 6.42 Å². The molecule has 0 bridgehead atoms. The number of hydrogen-bond acceptors (Lipinski definition) is 4. The molecule has 0 saturated heterocycles. The lowest BCUT2D eigenvalue weighted by atomic mass is 9.70. The van der Waals surface area contributed by atoms with Crippen LogP contribution in [-0.2, 0) is 12.0 Å². The minimum Gasteiger partial charge on any atom is -0.423 e. The van der Waals surface area contributed by atoms with Crippen molar-refractivity contribution in [2.24, 2.45) is 5.73 Å². The van der Waals surface area contributed by atoms with Crippen molar-refractivity contribution >= 4 is 0 Å². The number of nitrogens with zero attached hydrogens (tertiary/aromatic N) is 2. The van der Waals surface area contributed by atoms with Gasteiger partial charge in [0, 0.05) is 5.41 Å². The van der Waals surface area contributed by atoms with Gasteiger partial charge in [-0.15, -0.1) is 10.2 Å². The highest BCUT2D eigenvalue weighted by molar-refractivity contribution is 5.06. The van der Waals surface area contributed by atoms with Gasteiger partial charge in [-0.3, -0.25) is 0 Å². The highest BCUT2D eigenvalue weighted by atomic mass is 16.4. The zero-order chi connectivity index (χ0) is 8.60. The van der Waals surface area contributed by atoms with Gasteiger partial charge in [0.1, 0.15) is 0 Å². The van der Waals surface area contributed by atoms with Gasteiger partial charge in [-0.2, -0.15) is 0 Å². The van der Waals surface area contributed by atoms with Crippen LogP contribution in [0.5, 0.6) is 0 Å². The average Bonchev–Trinajstić information content (AvgIpc) is 2.48. The van der Waals surface area contributed by atoms with E-state index in [2.05, 4.69) is 17.1 Å². The lowest BCUT2D eigenvalue weighted by molar-refractivity contribution is 0.210. The van der Waals surface area contributed by atoms with Gasteiger partial charge in [-0.05, 0) is 12.8 Å². The summed E-state index contributed by atoms with van der Waals surface area (Å²) in [4.78, 5) is 0. The first-order valence-electron chi connectivity index (χ1n) is 4.27. The average molecular weight is 167 g/mol. The van der Waals surface area contributed by atoms with Gasteiger partial charge in [0.15, 0.2) is 0 Å². The van der Waals surface area contributed by atoms with Crippen molar-refractivity contribution in [3.05, 3.63) is 11.8 Å². The van der Waals surface area contributed by atoms with Crippen LogP contribution in [0, 0.1) is 0 Å². The fourth-order valence-electron chi connectivity index (χ4n) is 1.50. The summed E-state index contributed by atoms with van der Waals surface area (Å²) in [6, 6.07) is 0. The third-order valence-corrected chi connectivity index (χ3v) is 2.61. The van der Waals surface area contributed by atoms with Crippen LogP contribution in [0.1, 0.15) is 38.0 Å².